The molecule has 20 heavy (non-hydrogen) atoms. The Morgan fingerprint density at radius 2 is 1.90 bits per heavy atom. The summed E-state index contributed by atoms with van der Waals surface area (Å²) in [6.07, 6.45) is 1.16. The maximum absolute atomic E-state index is 11.4. The SMILES string of the molecule is Cc1ccc(NS(C)(=O)=O)c([Se]c2cccc(Cl)c2)c1. The van der Waals surface area contributed by atoms with Gasteiger partial charge < -0.3 is 0 Å². The second-order valence-corrected chi connectivity index (χ2v) is 8.96. The molecule has 2 aromatic carbocycles. The van der Waals surface area contributed by atoms with Crippen LogP contribution in [0.2, 0.25) is 5.02 Å². The third-order valence-electron chi connectivity index (χ3n) is 2.46. The second-order valence-electron chi connectivity index (χ2n) is 4.43. The molecule has 2 aromatic rings. The molecule has 0 spiro atoms. The van der Waals surface area contributed by atoms with Crippen molar-refractivity contribution in [3.05, 3.63) is 53.1 Å². The van der Waals surface area contributed by atoms with Gasteiger partial charge in [-0.05, 0) is 0 Å². The van der Waals surface area contributed by atoms with Crippen molar-refractivity contribution in [3.8, 4) is 0 Å². The monoisotopic (exact) mass is 375 g/mol. The number of anilines is 1. The van der Waals surface area contributed by atoms with Crippen LogP contribution in [0, 0.1) is 6.92 Å². The van der Waals surface area contributed by atoms with Gasteiger partial charge in [0.2, 0.25) is 0 Å². The van der Waals surface area contributed by atoms with Gasteiger partial charge in [0.25, 0.3) is 0 Å². The van der Waals surface area contributed by atoms with Gasteiger partial charge in [-0.1, -0.05) is 0 Å². The summed E-state index contributed by atoms with van der Waals surface area (Å²) in [5, 5.41) is 0.689. The van der Waals surface area contributed by atoms with Gasteiger partial charge in [-0.25, -0.2) is 0 Å². The molecule has 3 nitrogen and oxygen atoms in total. The third-order valence-corrected chi connectivity index (χ3v) is 5.48. The number of hydrogen-bond donors (Lipinski definition) is 1. The molecule has 0 saturated heterocycles. The molecule has 0 heterocycles. The van der Waals surface area contributed by atoms with Gasteiger partial charge in [-0.15, -0.1) is 0 Å². The van der Waals surface area contributed by atoms with Crippen molar-refractivity contribution in [1.29, 1.82) is 0 Å². The van der Waals surface area contributed by atoms with Gasteiger partial charge in [-0.3, -0.25) is 0 Å². The van der Waals surface area contributed by atoms with Crippen LogP contribution in [-0.4, -0.2) is 29.6 Å². The van der Waals surface area contributed by atoms with Gasteiger partial charge >= 0.3 is 131 Å². The van der Waals surface area contributed by atoms with E-state index in [1.165, 1.54) is 0 Å². The molecular formula is C14H14ClNO2SSe. The van der Waals surface area contributed by atoms with E-state index in [1.807, 2.05) is 43.3 Å². The molecule has 0 aromatic heterocycles. The summed E-state index contributed by atoms with van der Waals surface area (Å²) in [4.78, 5) is 0. The molecule has 6 heteroatoms. The van der Waals surface area contributed by atoms with E-state index < -0.39 is 10.0 Å². The van der Waals surface area contributed by atoms with Crippen molar-refractivity contribution >= 4 is 51.2 Å². The third kappa shape index (κ3) is 4.53. The van der Waals surface area contributed by atoms with Crippen molar-refractivity contribution in [2.75, 3.05) is 11.0 Å². The number of aryl methyl sites for hydroxylation is 1. The first-order valence-corrected chi connectivity index (χ1v) is 9.83. The number of nitrogens with one attached hydrogen (secondary N) is 1. The molecule has 0 aliphatic rings. The van der Waals surface area contributed by atoms with Crippen molar-refractivity contribution in [2.24, 2.45) is 0 Å². The van der Waals surface area contributed by atoms with Crippen LogP contribution in [0.3, 0.4) is 0 Å². The molecule has 0 saturated carbocycles. The Morgan fingerprint density at radius 3 is 2.55 bits per heavy atom. The van der Waals surface area contributed by atoms with E-state index in [9.17, 15) is 8.42 Å². The number of rotatable bonds is 4. The van der Waals surface area contributed by atoms with Gasteiger partial charge in [-0.2, -0.15) is 0 Å². The van der Waals surface area contributed by atoms with Crippen molar-refractivity contribution in [1.82, 2.24) is 0 Å². The fraction of sp³-hybridized carbons (Fsp3) is 0.143. The second kappa shape index (κ2) is 6.19. The first-order valence-electron chi connectivity index (χ1n) is 5.85. The fourth-order valence-corrected chi connectivity index (χ4v) is 4.94. The van der Waals surface area contributed by atoms with Crippen LogP contribution in [0.1, 0.15) is 5.56 Å². The molecule has 0 radical (unpaired) electrons. The van der Waals surface area contributed by atoms with Crippen molar-refractivity contribution in [2.45, 2.75) is 6.92 Å². The van der Waals surface area contributed by atoms with E-state index in [0.717, 1.165) is 20.7 Å². The predicted molar refractivity (Wildman–Crippen MR) is 86.1 cm³/mol. The Balaban J connectivity index is 2.37. The van der Waals surface area contributed by atoms with Crippen molar-refractivity contribution in [3.63, 3.8) is 0 Å². The summed E-state index contributed by atoms with van der Waals surface area (Å²) in [6, 6.07) is 13.3. The minimum absolute atomic E-state index is 0.00998. The van der Waals surface area contributed by atoms with E-state index in [-0.39, 0.29) is 15.0 Å². The molecule has 106 valence electrons. The number of hydrogen-bond acceptors (Lipinski definition) is 2. The molecule has 0 aliphatic carbocycles. The zero-order valence-corrected chi connectivity index (χ0v) is 14.3. The van der Waals surface area contributed by atoms with Crippen LogP contribution in [0.15, 0.2) is 42.5 Å². The first-order chi connectivity index (χ1) is 9.33. The molecule has 2 rings (SSSR count). The van der Waals surface area contributed by atoms with Gasteiger partial charge in [0.1, 0.15) is 0 Å². The Kier molecular flexibility index (Phi) is 4.76. The topological polar surface area (TPSA) is 46.2 Å². The first kappa shape index (κ1) is 15.4. The van der Waals surface area contributed by atoms with Crippen LogP contribution in [0.5, 0.6) is 0 Å². The van der Waals surface area contributed by atoms with E-state index >= 15 is 0 Å². The summed E-state index contributed by atoms with van der Waals surface area (Å²) < 4.78 is 27.5. The molecular weight excluding hydrogens is 361 g/mol. The summed E-state index contributed by atoms with van der Waals surface area (Å²) in [5.74, 6) is 0. The zero-order valence-electron chi connectivity index (χ0n) is 11.1. The number of sulfonamides is 1. The fourth-order valence-electron chi connectivity index (χ4n) is 1.66. The van der Waals surface area contributed by atoms with E-state index in [1.54, 1.807) is 6.07 Å². The Morgan fingerprint density at radius 1 is 1.15 bits per heavy atom. The Labute approximate surface area is 130 Å². The molecule has 0 aliphatic heterocycles. The van der Waals surface area contributed by atoms with E-state index in [0.29, 0.717) is 10.7 Å². The zero-order chi connectivity index (χ0) is 14.8. The molecule has 0 unspecified atom stereocenters. The number of benzene rings is 2. The predicted octanol–water partition coefficient (Wildman–Crippen LogP) is 1.67. The molecule has 0 amide bonds. The van der Waals surface area contributed by atoms with Crippen LogP contribution in [0.25, 0.3) is 0 Å². The normalized spacial score (nSPS) is 11.3. The van der Waals surface area contributed by atoms with Crippen LogP contribution >= 0.6 is 11.6 Å². The number of halogens is 1. The Hall–Kier alpha value is -1.00. The van der Waals surface area contributed by atoms with E-state index in [4.69, 9.17) is 11.6 Å². The molecule has 0 bridgehead atoms. The van der Waals surface area contributed by atoms with Crippen LogP contribution in [-0.2, 0) is 10.0 Å². The average Bonchev–Trinajstić information content (AvgIpc) is 2.31. The van der Waals surface area contributed by atoms with Crippen LogP contribution < -0.4 is 13.6 Å². The van der Waals surface area contributed by atoms with Crippen molar-refractivity contribution < 1.29 is 8.42 Å². The summed E-state index contributed by atoms with van der Waals surface area (Å²) in [6.45, 7) is 1.99. The van der Waals surface area contributed by atoms with Gasteiger partial charge in [0.15, 0.2) is 0 Å². The molecule has 0 fully saturated rings. The standard InChI is InChI=1S/C14H14ClNO2SSe/c1-10-6-7-13(16-19(2,17)18)14(8-10)20-12-5-3-4-11(15)9-12/h3-9,16H,1-2H3. The quantitative estimate of drug-likeness (QED) is 0.828. The summed E-state index contributed by atoms with van der Waals surface area (Å²) in [7, 11) is -3.28. The minimum atomic E-state index is -3.28. The van der Waals surface area contributed by atoms with Gasteiger partial charge in [0, 0.05) is 0 Å². The van der Waals surface area contributed by atoms with Gasteiger partial charge in [0.05, 0.1) is 0 Å². The Bertz CT molecular complexity index is 732. The van der Waals surface area contributed by atoms with Crippen LogP contribution in [0.4, 0.5) is 5.69 Å². The maximum atomic E-state index is 11.4. The summed E-state index contributed by atoms with van der Waals surface area (Å²) >= 11 is 5.98. The molecule has 1 N–H and O–H groups in total. The summed E-state index contributed by atoms with van der Waals surface area (Å²) in [5.41, 5.74) is 1.74. The van der Waals surface area contributed by atoms with E-state index in [2.05, 4.69) is 4.72 Å². The average molecular weight is 375 g/mol. The molecule has 0 atom stereocenters.